The molecule has 0 spiro atoms. The number of anilines is 1. The first kappa shape index (κ1) is 15.9. The largest absolute Gasteiger partial charge is 0.497 e. The van der Waals surface area contributed by atoms with Crippen molar-refractivity contribution < 1.29 is 4.74 Å². The molecule has 0 amide bonds. The fourth-order valence-corrected chi connectivity index (χ4v) is 3.96. The second-order valence-corrected chi connectivity index (χ2v) is 7.01. The topological polar surface area (TPSA) is 29.8 Å². The Morgan fingerprint density at radius 2 is 1.78 bits per heavy atom. The smallest absolute Gasteiger partial charge is 0.142 e. The normalized spacial score (nSPS) is 12.7. The Kier molecular flexibility index (Phi) is 3.64. The third kappa shape index (κ3) is 2.56. The van der Waals surface area contributed by atoms with Crippen LogP contribution in [0.1, 0.15) is 16.8 Å². The van der Waals surface area contributed by atoms with Gasteiger partial charge in [0, 0.05) is 24.3 Å². The van der Waals surface area contributed by atoms with Gasteiger partial charge in [-0.15, -0.1) is 0 Å². The van der Waals surface area contributed by atoms with E-state index in [1.807, 2.05) is 12.1 Å². The molecule has 1 aliphatic heterocycles. The summed E-state index contributed by atoms with van der Waals surface area (Å²) in [6.45, 7) is 3.84. The highest BCUT2D eigenvalue weighted by atomic mass is 16.5. The van der Waals surface area contributed by atoms with E-state index in [9.17, 15) is 0 Å². The highest BCUT2D eigenvalue weighted by molar-refractivity contribution is 5.82. The summed E-state index contributed by atoms with van der Waals surface area (Å²) in [7, 11) is 1.70. The van der Waals surface area contributed by atoms with Gasteiger partial charge in [-0.2, -0.15) is 0 Å². The Bertz CT molecular complexity index is 1130. The maximum Gasteiger partial charge on any atom is 0.142 e. The molecule has 0 fully saturated rings. The predicted octanol–water partition coefficient (Wildman–Crippen LogP) is 4.84. The first-order valence-corrected chi connectivity index (χ1v) is 9.19. The monoisotopic (exact) mass is 355 g/mol. The number of pyridine rings is 1. The number of ether oxygens (including phenoxy) is 1. The van der Waals surface area contributed by atoms with Crippen LogP contribution in [0.25, 0.3) is 16.9 Å². The average molecular weight is 355 g/mol. The van der Waals surface area contributed by atoms with Crippen LogP contribution in [0.4, 0.5) is 5.82 Å². The van der Waals surface area contributed by atoms with Crippen molar-refractivity contribution in [2.45, 2.75) is 20.0 Å². The van der Waals surface area contributed by atoms with Crippen molar-refractivity contribution in [1.82, 2.24) is 9.38 Å². The van der Waals surface area contributed by atoms with Crippen LogP contribution >= 0.6 is 0 Å². The molecule has 0 unspecified atom stereocenters. The molecule has 3 heterocycles. The SMILES string of the molecule is COc1ccc(CN2Cc3ccccc3-c3nc4cccc(C)n4c32)cc1. The summed E-state index contributed by atoms with van der Waals surface area (Å²) in [6.07, 6.45) is 0. The molecule has 1 aliphatic rings. The highest BCUT2D eigenvalue weighted by Gasteiger charge is 2.27. The van der Waals surface area contributed by atoms with Gasteiger partial charge in [-0.05, 0) is 42.3 Å². The molecular formula is C23H21N3O. The Morgan fingerprint density at radius 1 is 0.963 bits per heavy atom. The van der Waals surface area contributed by atoms with Gasteiger partial charge >= 0.3 is 0 Å². The zero-order valence-electron chi connectivity index (χ0n) is 15.5. The number of benzene rings is 2. The molecule has 4 heteroatoms. The van der Waals surface area contributed by atoms with Crippen molar-refractivity contribution in [2.75, 3.05) is 12.0 Å². The van der Waals surface area contributed by atoms with Gasteiger partial charge in [0.25, 0.3) is 0 Å². The van der Waals surface area contributed by atoms with Crippen molar-refractivity contribution in [3.05, 3.63) is 83.6 Å². The lowest BCUT2D eigenvalue weighted by Gasteiger charge is -2.31. The molecule has 4 aromatic rings. The fourth-order valence-electron chi connectivity index (χ4n) is 3.96. The maximum absolute atomic E-state index is 5.30. The summed E-state index contributed by atoms with van der Waals surface area (Å²) in [4.78, 5) is 7.40. The quantitative estimate of drug-likeness (QED) is 0.527. The Labute approximate surface area is 158 Å². The minimum atomic E-state index is 0.827. The van der Waals surface area contributed by atoms with E-state index in [1.54, 1.807) is 7.11 Å². The third-order valence-electron chi connectivity index (χ3n) is 5.28. The predicted molar refractivity (Wildman–Crippen MR) is 108 cm³/mol. The lowest BCUT2D eigenvalue weighted by molar-refractivity contribution is 0.414. The molecule has 0 atom stereocenters. The van der Waals surface area contributed by atoms with Crippen LogP contribution in [0, 0.1) is 6.92 Å². The number of aromatic nitrogens is 2. The Hall–Kier alpha value is -3.27. The summed E-state index contributed by atoms with van der Waals surface area (Å²) < 4.78 is 7.57. The van der Waals surface area contributed by atoms with E-state index >= 15 is 0 Å². The number of rotatable bonds is 3. The number of methoxy groups -OCH3 is 1. The van der Waals surface area contributed by atoms with Crippen LogP contribution in [-0.4, -0.2) is 16.5 Å². The molecule has 5 rings (SSSR count). The molecule has 0 saturated carbocycles. The number of hydrogen-bond acceptors (Lipinski definition) is 3. The number of aryl methyl sites for hydroxylation is 1. The standard InChI is InChI=1S/C23H21N3O/c1-16-6-5-9-21-24-22-20-8-4-3-7-18(20)15-25(23(22)26(16)21)14-17-10-12-19(27-2)13-11-17/h3-13H,14-15H2,1-2H3. The maximum atomic E-state index is 5.30. The zero-order valence-corrected chi connectivity index (χ0v) is 15.5. The molecule has 0 radical (unpaired) electrons. The fraction of sp³-hybridized carbons (Fsp3) is 0.174. The first-order valence-electron chi connectivity index (χ1n) is 9.19. The molecule has 2 aromatic heterocycles. The first-order chi connectivity index (χ1) is 13.2. The van der Waals surface area contributed by atoms with Crippen LogP contribution < -0.4 is 9.64 Å². The van der Waals surface area contributed by atoms with Gasteiger partial charge in [0.2, 0.25) is 0 Å². The summed E-state index contributed by atoms with van der Waals surface area (Å²) >= 11 is 0. The summed E-state index contributed by atoms with van der Waals surface area (Å²) in [5.74, 6) is 2.06. The summed E-state index contributed by atoms with van der Waals surface area (Å²) in [6, 6.07) is 23.2. The number of fused-ring (bicyclic) bond motifs is 5. The van der Waals surface area contributed by atoms with E-state index < -0.39 is 0 Å². The molecule has 0 bridgehead atoms. The molecule has 2 aromatic carbocycles. The summed E-state index contributed by atoms with van der Waals surface area (Å²) in [5, 5.41) is 0. The average Bonchev–Trinajstić information content (AvgIpc) is 3.10. The van der Waals surface area contributed by atoms with Gasteiger partial charge in [0.05, 0.1) is 7.11 Å². The number of imidazole rings is 1. The molecule has 0 saturated heterocycles. The van der Waals surface area contributed by atoms with E-state index in [4.69, 9.17) is 9.72 Å². The van der Waals surface area contributed by atoms with Crippen LogP contribution in [0.15, 0.2) is 66.7 Å². The van der Waals surface area contributed by atoms with E-state index in [1.165, 1.54) is 28.2 Å². The van der Waals surface area contributed by atoms with Crippen molar-refractivity contribution in [2.24, 2.45) is 0 Å². The van der Waals surface area contributed by atoms with Crippen molar-refractivity contribution in [3.8, 4) is 17.0 Å². The molecule has 27 heavy (non-hydrogen) atoms. The Balaban J connectivity index is 1.66. The second kappa shape index (κ2) is 6.16. The van der Waals surface area contributed by atoms with Gasteiger partial charge in [-0.1, -0.05) is 42.5 Å². The third-order valence-corrected chi connectivity index (χ3v) is 5.28. The minimum absolute atomic E-state index is 0.827. The molecule has 0 aliphatic carbocycles. The Morgan fingerprint density at radius 3 is 2.59 bits per heavy atom. The van der Waals surface area contributed by atoms with Crippen molar-refractivity contribution >= 4 is 11.5 Å². The van der Waals surface area contributed by atoms with Gasteiger partial charge in [0.15, 0.2) is 0 Å². The molecule has 134 valence electrons. The van der Waals surface area contributed by atoms with Gasteiger partial charge in [-0.25, -0.2) is 4.98 Å². The van der Waals surface area contributed by atoms with Crippen molar-refractivity contribution in [3.63, 3.8) is 0 Å². The van der Waals surface area contributed by atoms with E-state index in [0.29, 0.717) is 0 Å². The van der Waals surface area contributed by atoms with Gasteiger partial charge in [-0.3, -0.25) is 4.40 Å². The van der Waals surface area contributed by atoms with Crippen LogP contribution in [0.2, 0.25) is 0 Å². The van der Waals surface area contributed by atoms with Crippen LogP contribution in [0.3, 0.4) is 0 Å². The minimum Gasteiger partial charge on any atom is -0.497 e. The van der Waals surface area contributed by atoms with Crippen molar-refractivity contribution in [1.29, 1.82) is 0 Å². The van der Waals surface area contributed by atoms with Crippen LogP contribution in [-0.2, 0) is 13.1 Å². The van der Waals surface area contributed by atoms with E-state index in [-0.39, 0.29) is 0 Å². The van der Waals surface area contributed by atoms with E-state index in [0.717, 1.165) is 30.2 Å². The van der Waals surface area contributed by atoms with Gasteiger partial charge < -0.3 is 9.64 Å². The van der Waals surface area contributed by atoms with Gasteiger partial charge in [0.1, 0.15) is 22.9 Å². The molecule has 4 nitrogen and oxygen atoms in total. The molecule has 0 N–H and O–H groups in total. The second-order valence-electron chi connectivity index (χ2n) is 7.01. The lowest BCUT2D eigenvalue weighted by Crippen LogP contribution is -2.27. The number of nitrogens with zero attached hydrogens (tertiary/aromatic N) is 3. The zero-order chi connectivity index (χ0) is 18.4. The molecular weight excluding hydrogens is 334 g/mol. The van der Waals surface area contributed by atoms with E-state index in [2.05, 4.69) is 70.8 Å². The van der Waals surface area contributed by atoms with Crippen LogP contribution in [0.5, 0.6) is 5.75 Å². The summed E-state index contributed by atoms with van der Waals surface area (Å²) in [5.41, 5.74) is 7.07. The lowest BCUT2D eigenvalue weighted by atomic mass is 9.99. The highest BCUT2D eigenvalue weighted by Crippen LogP contribution is 2.40. The number of hydrogen-bond donors (Lipinski definition) is 0.